The second-order valence-corrected chi connectivity index (χ2v) is 4.52. The van der Waals surface area contributed by atoms with Crippen molar-refractivity contribution in [1.82, 2.24) is 10.2 Å². The first-order valence-corrected chi connectivity index (χ1v) is 6.82. The molecule has 1 aromatic heterocycles. The molecule has 0 aliphatic heterocycles. The van der Waals surface area contributed by atoms with Gasteiger partial charge in [-0.05, 0) is 26.0 Å². The molecule has 0 saturated heterocycles. The molecular weight excluding hydrogens is 296 g/mol. The summed E-state index contributed by atoms with van der Waals surface area (Å²) in [6.45, 7) is 4.65. The number of carboxylic acid groups (broad SMARTS) is 1. The van der Waals surface area contributed by atoms with Gasteiger partial charge in [-0.2, -0.15) is 5.10 Å². The van der Waals surface area contributed by atoms with Crippen LogP contribution in [0.5, 0.6) is 11.5 Å². The largest absolute Gasteiger partial charge is 0.493 e. The molecule has 0 atom stereocenters. The second kappa shape index (κ2) is 6.49. The molecule has 2 aromatic rings. The summed E-state index contributed by atoms with van der Waals surface area (Å²) in [6, 6.07) is 4.76. The van der Waals surface area contributed by atoms with Crippen molar-refractivity contribution in [2.24, 2.45) is 0 Å². The lowest BCUT2D eigenvalue weighted by atomic mass is 10.1. The fourth-order valence-electron chi connectivity index (χ4n) is 1.85. The van der Waals surface area contributed by atoms with Gasteiger partial charge in [-0.25, -0.2) is 4.79 Å². The fourth-order valence-corrected chi connectivity index (χ4v) is 2.06. The lowest BCUT2D eigenvalue weighted by Gasteiger charge is -2.12. The average Bonchev–Trinajstić information content (AvgIpc) is 2.92. The molecule has 0 spiro atoms. The Morgan fingerprint density at radius 2 is 1.90 bits per heavy atom. The molecule has 0 unspecified atom stereocenters. The van der Waals surface area contributed by atoms with Gasteiger partial charge in [0, 0.05) is 11.6 Å². The summed E-state index contributed by atoms with van der Waals surface area (Å²) in [5.41, 5.74) is 1.05. The van der Waals surface area contributed by atoms with Crippen LogP contribution in [0.3, 0.4) is 0 Å². The smallest absolute Gasteiger partial charge is 0.353 e. The lowest BCUT2D eigenvalue weighted by Crippen LogP contribution is -1.98. The maximum absolute atomic E-state index is 10.9. The first kappa shape index (κ1) is 15.2. The predicted molar refractivity (Wildman–Crippen MR) is 78.3 cm³/mol. The predicted octanol–water partition coefficient (Wildman–Crippen LogP) is 3.23. The van der Waals surface area contributed by atoms with Gasteiger partial charge in [-0.1, -0.05) is 11.6 Å². The van der Waals surface area contributed by atoms with E-state index in [9.17, 15) is 4.79 Å². The van der Waals surface area contributed by atoms with E-state index in [2.05, 4.69) is 10.2 Å². The number of carboxylic acids is 1. The van der Waals surface area contributed by atoms with Gasteiger partial charge in [0.15, 0.2) is 0 Å². The Hall–Kier alpha value is -2.21. The third-order valence-electron chi connectivity index (χ3n) is 2.72. The number of ether oxygens (including phenoxy) is 2. The molecule has 0 radical (unpaired) electrons. The number of benzene rings is 1. The number of aromatic carboxylic acids is 1. The summed E-state index contributed by atoms with van der Waals surface area (Å²) in [4.78, 5) is 10.9. The van der Waals surface area contributed by atoms with Crippen molar-refractivity contribution in [3.63, 3.8) is 0 Å². The zero-order valence-corrected chi connectivity index (χ0v) is 12.4. The van der Waals surface area contributed by atoms with Gasteiger partial charge in [0.05, 0.1) is 23.9 Å². The Balaban J connectivity index is 2.49. The van der Waals surface area contributed by atoms with E-state index in [1.807, 2.05) is 13.8 Å². The molecule has 0 bridgehead atoms. The highest BCUT2D eigenvalue weighted by atomic mass is 35.5. The minimum Gasteiger partial charge on any atom is -0.493 e. The molecule has 1 heterocycles. The fraction of sp³-hybridized carbons (Fsp3) is 0.286. The van der Waals surface area contributed by atoms with E-state index < -0.39 is 5.97 Å². The number of aromatic amines is 1. The molecule has 6 nitrogen and oxygen atoms in total. The highest BCUT2D eigenvalue weighted by Crippen LogP contribution is 2.38. The topological polar surface area (TPSA) is 84.4 Å². The van der Waals surface area contributed by atoms with Crippen LogP contribution in [0.1, 0.15) is 24.3 Å². The summed E-state index contributed by atoms with van der Waals surface area (Å²) in [5, 5.41) is 15.8. The summed E-state index contributed by atoms with van der Waals surface area (Å²) in [5.74, 6) is -0.0297. The van der Waals surface area contributed by atoms with Crippen LogP contribution >= 0.6 is 11.6 Å². The van der Waals surface area contributed by atoms with E-state index >= 15 is 0 Å². The Bertz CT molecular complexity index is 654. The number of nitrogens with zero attached hydrogens (tertiary/aromatic N) is 1. The highest BCUT2D eigenvalue weighted by Gasteiger charge is 2.16. The monoisotopic (exact) mass is 310 g/mol. The van der Waals surface area contributed by atoms with Crippen LogP contribution in [0.15, 0.2) is 18.2 Å². The van der Waals surface area contributed by atoms with E-state index in [4.69, 9.17) is 26.2 Å². The number of H-pyrrole nitrogens is 1. The average molecular weight is 311 g/mol. The van der Waals surface area contributed by atoms with E-state index in [1.54, 1.807) is 12.1 Å². The molecule has 0 aliphatic rings. The van der Waals surface area contributed by atoms with Crippen molar-refractivity contribution in [3.05, 3.63) is 28.9 Å². The second-order valence-electron chi connectivity index (χ2n) is 4.12. The van der Waals surface area contributed by atoms with Gasteiger partial charge >= 0.3 is 5.97 Å². The Morgan fingerprint density at radius 3 is 2.48 bits per heavy atom. The normalized spacial score (nSPS) is 10.4. The Kier molecular flexibility index (Phi) is 4.70. The SMILES string of the molecule is CCOc1cc(OCC)c(-c2cc(C(=O)O)[nH]n2)cc1Cl. The number of hydrogen-bond acceptors (Lipinski definition) is 4. The van der Waals surface area contributed by atoms with Gasteiger partial charge in [0.1, 0.15) is 17.2 Å². The molecule has 7 heteroatoms. The molecule has 0 saturated carbocycles. The quantitative estimate of drug-likeness (QED) is 0.855. The van der Waals surface area contributed by atoms with Crippen LogP contribution in [0.2, 0.25) is 5.02 Å². The molecule has 0 fully saturated rings. The van der Waals surface area contributed by atoms with E-state index in [-0.39, 0.29) is 5.69 Å². The van der Waals surface area contributed by atoms with Crippen LogP contribution in [-0.4, -0.2) is 34.5 Å². The van der Waals surface area contributed by atoms with Gasteiger partial charge in [-0.3, -0.25) is 5.10 Å². The minimum absolute atomic E-state index is 0.00236. The number of aromatic nitrogens is 2. The Morgan fingerprint density at radius 1 is 1.24 bits per heavy atom. The lowest BCUT2D eigenvalue weighted by molar-refractivity contribution is 0.0690. The number of nitrogens with one attached hydrogen (secondary N) is 1. The molecule has 1 aromatic carbocycles. The zero-order chi connectivity index (χ0) is 15.4. The van der Waals surface area contributed by atoms with Crippen molar-refractivity contribution < 1.29 is 19.4 Å². The Labute approximate surface area is 126 Å². The third-order valence-corrected chi connectivity index (χ3v) is 3.01. The van der Waals surface area contributed by atoms with Gasteiger partial charge < -0.3 is 14.6 Å². The number of rotatable bonds is 6. The van der Waals surface area contributed by atoms with Gasteiger partial charge in [-0.15, -0.1) is 0 Å². The van der Waals surface area contributed by atoms with Gasteiger partial charge in [0.25, 0.3) is 0 Å². The third kappa shape index (κ3) is 3.28. The van der Waals surface area contributed by atoms with Crippen LogP contribution in [0.4, 0.5) is 0 Å². The number of carbonyl (C=O) groups is 1. The van der Waals surface area contributed by atoms with E-state index in [0.29, 0.717) is 41.0 Å². The van der Waals surface area contributed by atoms with Crippen molar-refractivity contribution in [1.29, 1.82) is 0 Å². The van der Waals surface area contributed by atoms with Crippen LogP contribution < -0.4 is 9.47 Å². The zero-order valence-electron chi connectivity index (χ0n) is 11.6. The van der Waals surface area contributed by atoms with Crippen LogP contribution in [0, 0.1) is 0 Å². The first-order chi connectivity index (χ1) is 10.1. The van der Waals surface area contributed by atoms with Crippen molar-refractivity contribution in [2.45, 2.75) is 13.8 Å². The van der Waals surface area contributed by atoms with E-state index in [0.717, 1.165) is 0 Å². The summed E-state index contributed by atoms with van der Waals surface area (Å²) >= 11 is 6.16. The molecule has 0 aliphatic carbocycles. The summed E-state index contributed by atoms with van der Waals surface area (Å²) < 4.78 is 11.0. The maximum atomic E-state index is 10.9. The number of hydrogen-bond donors (Lipinski definition) is 2. The standard InChI is InChI=1S/C14H15ClN2O4/c1-3-20-12-7-13(21-4-2)9(15)5-8(12)10-6-11(14(18)19)17-16-10/h5-7H,3-4H2,1-2H3,(H,16,17)(H,18,19). The molecule has 21 heavy (non-hydrogen) atoms. The maximum Gasteiger partial charge on any atom is 0.353 e. The highest BCUT2D eigenvalue weighted by molar-refractivity contribution is 6.32. The van der Waals surface area contributed by atoms with Crippen molar-refractivity contribution in [2.75, 3.05) is 13.2 Å². The van der Waals surface area contributed by atoms with Crippen molar-refractivity contribution >= 4 is 17.6 Å². The molecular formula is C14H15ClN2O4. The minimum atomic E-state index is -1.08. The molecule has 112 valence electrons. The van der Waals surface area contributed by atoms with Crippen LogP contribution in [-0.2, 0) is 0 Å². The van der Waals surface area contributed by atoms with E-state index in [1.165, 1.54) is 6.07 Å². The summed E-state index contributed by atoms with van der Waals surface area (Å²) in [6.07, 6.45) is 0. The summed E-state index contributed by atoms with van der Waals surface area (Å²) in [7, 11) is 0. The van der Waals surface area contributed by atoms with Gasteiger partial charge in [0.2, 0.25) is 0 Å². The molecule has 2 rings (SSSR count). The van der Waals surface area contributed by atoms with Crippen molar-refractivity contribution in [3.8, 4) is 22.8 Å². The van der Waals surface area contributed by atoms with Crippen LogP contribution in [0.25, 0.3) is 11.3 Å². The number of halogens is 1. The first-order valence-electron chi connectivity index (χ1n) is 6.45. The molecule has 0 amide bonds. The molecule has 2 N–H and O–H groups in total.